The normalized spacial score (nSPS) is 12.7. The Morgan fingerprint density at radius 3 is 2.58 bits per heavy atom. The molecule has 126 valence electrons. The molecule has 2 aromatic carbocycles. The minimum Gasteiger partial charge on any atom is -0.497 e. The topological polar surface area (TPSA) is 50.8 Å². The van der Waals surface area contributed by atoms with E-state index in [-0.39, 0.29) is 6.03 Å². The smallest absolute Gasteiger partial charge is 0.322 e. The Morgan fingerprint density at radius 1 is 1.08 bits per heavy atom. The van der Waals surface area contributed by atoms with E-state index < -0.39 is 0 Å². The quantitative estimate of drug-likeness (QED) is 0.929. The van der Waals surface area contributed by atoms with Crippen LogP contribution in [-0.2, 0) is 19.5 Å². The Labute approximate surface area is 142 Å². The molecule has 24 heavy (non-hydrogen) atoms. The van der Waals surface area contributed by atoms with Crippen molar-refractivity contribution in [2.24, 2.45) is 0 Å². The van der Waals surface area contributed by atoms with Crippen molar-refractivity contribution in [1.82, 2.24) is 4.90 Å². The molecule has 0 unspecified atom stereocenters. The monoisotopic (exact) mass is 326 g/mol. The highest BCUT2D eigenvalue weighted by atomic mass is 16.5. The van der Waals surface area contributed by atoms with Crippen LogP contribution in [0.15, 0.2) is 36.4 Å². The number of anilines is 1. The van der Waals surface area contributed by atoms with Crippen LogP contribution in [-0.4, -0.2) is 25.2 Å². The molecule has 2 aromatic rings. The van der Waals surface area contributed by atoms with Crippen molar-refractivity contribution >= 4 is 11.7 Å². The lowest BCUT2D eigenvalue weighted by Crippen LogP contribution is -2.30. The zero-order chi connectivity index (χ0) is 17.1. The number of hydrogen-bond acceptors (Lipinski definition) is 3. The number of carbonyl (C=O) groups excluding carboxylic acids is 1. The number of aryl methyl sites for hydroxylation is 1. The Morgan fingerprint density at radius 2 is 1.88 bits per heavy atom. The van der Waals surface area contributed by atoms with E-state index in [1.54, 1.807) is 19.1 Å². The maximum absolute atomic E-state index is 12.5. The first-order valence-corrected chi connectivity index (χ1v) is 8.03. The summed E-state index contributed by atoms with van der Waals surface area (Å²) in [6, 6.07) is 11.6. The fraction of sp³-hybridized carbons (Fsp3) is 0.316. The molecule has 0 bridgehead atoms. The summed E-state index contributed by atoms with van der Waals surface area (Å²) < 4.78 is 10.6. The first-order valence-electron chi connectivity index (χ1n) is 8.03. The van der Waals surface area contributed by atoms with E-state index in [2.05, 4.69) is 12.2 Å². The lowest BCUT2D eigenvalue weighted by Gasteiger charge is -2.17. The molecule has 0 radical (unpaired) electrons. The van der Waals surface area contributed by atoms with Gasteiger partial charge >= 0.3 is 6.03 Å². The number of hydrogen-bond donors (Lipinski definition) is 1. The third kappa shape index (κ3) is 3.15. The van der Waals surface area contributed by atoms with Crippen molar-refractivity contribution in [2.75, 3.05) is 19.5 Å². The predicted octanol–water partition coefficient (Wildman–Crippen LogP) is 3.81. The number of nitrogens with zero attached hydrogens (tertiary/aromatic N) is 1. The number of rotatable bonds is 4. The molecular formula is C19H22N2O3. The number of methoxy groups -OCH3 is 2. The van der Waals surface area contributed by atoms with Gasteiger partial charge in [0.05, 0.1) is 14.2 Å². The van der Waals surface area contributed by atoms with Gasteiger partial charge in [0, 0.05) is 24.8 Å². The molecule has 2 amide bonds. The van der Waals surface area contributed by atoms with Gasteiger partial charge in [-0.25, -0.2) is 4.79 Å². The van der Waals surface area contributed by atoms with Crippen LogP contribution < -0.4 is 14.8 Å². The fourth-order valence-electron chi connectivity index (χ4n) is 2.96. The van der Waals surface area contributed by atoms with Crippen molar-refractivity contribution in [3.63, 3.8) is 0 Å². The number of nitrogens with one attached hydrogen (secondary N) is 1. The van der Waals surface area contributed by atoms with Crippen molar-refractivity contribution in [3.8, 4) is 11.5 Å². The summed E-state index contributed by atoms with van der Waals surface area (Å²) in [5, 5.41) is 2.95. The van der Waals surface area contributed by atoms with E-state index in [0.29, 0.717) is 13.1 Å². The van der Waals surface area contributed by atoms with Gasteiger partial charge < -0.3 is 19.7 Å². The summed E-state index contributed by atoms with van der Waals surface area (Å²) in [6.07, 6.45) is 0.890. The van der Waals surface area contributed by atoms with E-state index in [1.807, 2.05) is 36.4 Å². The Balaban J connectivity index is 1.70. The van der Waals surface area contributed by atoms with Crippen molar-refractivity contribution < 1.29 is 14.3 Å². The largest absolute Gasteiger partial charge is 0.497 e. The number of benzene rings is 2. The molecule has 0 spiro atoms. The van der Waals surface area contributed by atoms with Gasteiger partial charge in [0.25, 0.3) is 0 Å². The Hall–Kier alpha value is -2.69. The number of carbonyl (C=O) groups is 1. The third-order valence-corrected chi connectivity index (χ3v) is 4.34. The zero-order valence-corrected chi connectivity index (χ0v) is 14.3. The van der Waals surface area contributed by atoms with Crippen LogP contribution >= 0.6 is 0 Å². The molecule has 3 rings (SSSR count). The third-order valence-electron chi connectivity index (χ3n) is 4.34. The van der Waals surface area contributed by atoms with Gasteiger partial charge in [0.2, 0.25) is 0 Å². The van der Waals surface area contributed by atoms with Crippen molar-refractivity contribution in [3.05, 3.63) is 53.1 Å². The van der Waals surface area contributed by atoms with E-state index in [4.69, 9.17) is 9.47 Å². The first kappa shape index (κ1) is 16.2. The van der Waals surface area contributed by atoms with Crippen LogP contribution in [0, 0.1) is 0 Å². The van der Waals surface area contributed by atoms with E-state index in [9.17, 15) is 4.79 Å². The first-order chi connectivity index (χ1) is 11.6. The molecule has 5 nitrogen and oxygen atoms in total. The van der Waals surface area contributed by atoms with Crippen LogP contribution in [0.2, 0.25) is 0 Å². The van der Waals surface area contributed by atoms with Crippen LogP contribution in [0.1, 0.15) is 23.6 Å². The van der Waals surface area contributed by atoms with Crippen LogP contribution in [0.4, 0.5) is 10.5 Å². The second-order valence-electron chi connectivity index (χ2n) is 5.80. The summed E-state index contributed by atoms with van der Waals surface area (Å²) in [5.74, 6) is 1.61. The molecule has 0 saturated carbocycles. The SMILES string of the molecule is CCc1ccc(NC(=O)N2Cc3ccc(OC)cc3C2)cc1OC. The molecule has 0 aliphatic carbocycles. The van der Waals surface area contributed by atoms with Crippen LogP contribution in [0.3, 0.4) is 0 Å². The molecule has 1 aliphatic rings. The maximum atomic E-state index is 12.5. The van der Waals surface area contributed by atoms with Crippen LogP contribution in [0.25, 0.3) is 0 Å². The van der Waals surface area contributed by atoms with Gasteiger partial charge in [-0.05, 0) is 41.3 Å². The van der Waals surface area contributed by atoms with Gasteiger partial charge in [-0.3, -0.25) is 0 Å². The lowest BCUT2D eigenvalue weighted by atomic mass is 10.1. The minimum absolute atomic E-state index is 0.114. The molecule has 0 aromatic heterocycles. The predicted molar refractivity (Wildman–Crippen MR) is 93.6 cm³/mol. The molecule has 1 heterocycles. The molecule has 0 saturated heterocycles. The maximum Gasteiger partial charge on any atom is 0.322 e. The summed E-state index contributed by atoms with van der Waals surface area (Å²) in [7, 11) is 3.29. The van der Waals surface area contributed by atoms with Gasteiger partial charge in [0.15, 0.2) is 0 Å². The highest BCUT2D eigenvalue weighted by Gasteiger charge is 2.24. The second kappa shape index (κ2) is 6.83. The molecule has 0 fully saturated rings. The van der Waals surface area contributed by atoms with Crippen molar-refractivity contribution in [2.45, 2.75) is 26.4 Å². The summed E-state index contributed by atoms with van der Waals surface area (Å²) in [5.41, 5.74) is 4.15. The average Bonchev–Trinajstić information content (AvgIpc) is 3.04. The molecule has 5 heteroatoms. The fourth-order valence-corrected chi connectivity index (χ4v) is 2.96. The molecule has 0 atom stereocenters. The number of amides is 2. The van der Waals surface area contributed by atoms with Gasteiger partial charge in [-0.1, -0.05) is 19.1 Å². The number of ether oxygens (including phenoxy) is 2. The standard InChI is InChI=1S/C19H22N2O3/c1-4-13-5-7-16(10-18(13)24-3)20-19(22)21-11-14-6-8-17(23-2)9-15(14)12-21/h5-10H,4,11-12H2,1-3H3,(H,20,22). The molecular weight excluding hydrogens is 304 g/mol. The van der Waals surface area contributed by atoms with E-state index >= 15 is 0 Å². The number of urea groups is 1. The summed E-state index contributed by atoms with van der Waals surface area (Å²) in [6.45, 7) is 3.27. The van der Waals surface area contributed by atoms with Gasteiger partial charge in [-0.15, -0.1) is 0 Å². The molecule has 1 aliphatic heterocycles. The number of fused-ring (bicyclic) bond motifs is 1. The summed E-state index contributed by atoms with van der Waals surface area (Å²) in [4.78, 5) is 14.3. The van der Waals surface area contributed by atoms with E-state index in [1.165, 1.54) is 0 Å². The lowest BCUT2D eigenvalue weighted by molar-refractivity contribution is 0.212. The Bertz CT molecular complexity index is 758. The van der Waals surface area contributed by atoms with Crippen molar-refractivity contribution in [1.29, 1.82) is 0 Å². The highest BCUT2D eigenvalue weighted by Crippen LogP contribution is 2.28. The molecule has 1 N–H and O–H groups in total. The second-order valence-corrected chi connectivity index (χ2v) is 5.80. The van der Waals surface area contributed by atoms with Crippen LogP contribution in [0.5, 0.6) is 11.5 Å². The van der Waals surface area contributed by atoms with Gasteiger partial charge in [-0.2, -0.15) is 0 Å². The van der Waals surface area contributed by atoms with Gasteiger partial charge in [0.1, 0.15) is 11.5 Å². The minimum atomic E-state index is -0.114. The highest BCUT2D eigenvalue weighted by molar-refractivity contribution is 5.90. The Kier molecular flexibility index (Phi) is 4.60. The van der Waals surface area contributed by atoms with E-state index in [0.717, 1.165) is 40.3 Å². The summed E-state index contributed by atoms with van der Waals surface area (Å²) >= 11 is 0. The average molecular weight is 326 g/mol. The zero-order valence-electron chi connectivity index (χ0n) is 14.3.